The third-order valence-electron chi connectivity index (χ3n) is 1.49. The quantitative estimate of drug-likeness (QED) is 0.646. The molecule has 0 aromatic heterocycles. The lowest BCUT2D eigenvalue weighted by Crippen LogP contribution is -2.19. The van der Waals surface area contributed by atoms with Gasteiger partial charge in [0.05, 0.1) is 5.56 Å². The highest BCUT2D eigenvalue weighted by Gasteiger charge is 2.07. The van der Waals surface area contributed by atoms with E-state index in [-0.39, 0.29) is 5.91 Å². The summed E-state index contributed by atoms with van der Waals surface area (Å²) < 4.78 is 0. The summed E-state index contributed by atoms with van der Waals surface area (Å²) >= 11 is 5.68. The molecule has 0 aliphatic rings. The summed E-state index contributed by atoms with van der Waals surface area (Å²) in [7, 11) is 1.54. The third kappa shape index (κ3) is 1.68. The van der Waals surface area contributed by atoms with E-state index in [0.29, 0.717) is 16.3 Å². The molecule has 1 aromatic rings. The zero-order valence-electron chi connectivity index (χ0n) is 6.60. The highest BCUT2D eigenvalue weighted by atomic mass is 35.5. The van der Waals surface area contributed by atoms with Crippen LogP contribution in [0.2, 0.25) is 5.02 Å². The Balaban J connectivity index is 3.13. The van der Waals surface area contributed by atoms with Crippen molar-refractivity contribution < 1.29 is 4.79 Å². The van der Waals surface area contributed by atoms with Crippen LogP contribution in [0.25, 0.3) is 0 Å². The number of carbonyl (C=O) groups is 1. The summed E-state index contributed by atoms with van der Waals surface area (Å²) in [5.74, 6) is -0.227. The molecule has 1 aromatic carbocycles. The Morgan fingerprint density at radius 3 is 2.83 bits per heavy atom. The fourth-order valence-corrected chi connectivity index (χ4v) is 1.03. The van der Waals surface area contributed by atoms with Gasteiger partial charge in [-0.2, -0.15) is 0 Å². The number of carbonyl (C=O) groups excluding carboxylic acids is 1. The second kappa shape index (κ2) is 3.45. The predicted octanol–water partition coefficient (Wildman–Crippen LogP) is 1.28. The maximum Gasteiger partial charge on any atom is 0.253 e. The van der Waals surface area contributed by atoms with E-state index < -0.39 is 0 Å². The Kier molecular flexibility index (Phi) is 2.55. The summed E-state index contributed by atoms with van der Waals surface area (Å²) in [6.45, 7) is 0. The molecule has 0 saturated heterocycles. The van der Waals surface area contributed by atoms with Gasteiger partial charge in [0.25, 0.3) is 5.91 Å². The van der Waals surface area contributed by atoms with Crippen molar-refractivity contribution in [3.05, 3.63) is 28.8 Å². The minimum atomic E-state index is -0.227. The van der Waals surface area contributed by atoms with E-state index in [1.165, 1.54) is 6.07 Å². The van der Waals surface area contributed by atoms with E-state index >= 15 is 0 Å². The Morgan fingerprint density at radius 1 is 1.58 bits per heavy atom. The molecule has 0 aliphatic heterocycles. The Morgan fingerprint density at radius 2 is 2.25 bits per heavy atom. The standard InChI is InChI=1S/C8H9ClN2O/c1-11-8(12)6-4-5(9)2-3-7(6)10/h2-4H,10H2,1H3,(H,11,12). The van der Waals surface area contributed by atoms with Gasteiger partial charge in [0.1, 0.15) is 0 Å². The normalized spacial score (nSPS) is 9.50. The molecule has 0 aliphatic carbocycles. The molecule has 12 heavy (non-hydrogen) atoms. The van der Waals surface area contributed by atoms with Crippen molar-refractivity contribution in [2.24, 2.45) is 0 Å². The van der Waals surface area contributed by atoms with Crippen molar-refractivity contribution in [3.63, 3.8) is 0 Å². The summed E-state index contributed by atoms with van der Waals surface area (Å²) in [6.07, 6.45) is 0. The third-order valence-corrected chi connectivity index (χ3v) is 1.72. The number of hydrogen-bond acceptors (Lipinski definition) is 2. The molecule has 0 bridgehead atoms. The van der Waals surface area contributed by atoms with Gasteiger partial charge in [-0.3, -0.25) is 4.79 Å². The molecule has 0 radical (unpaired) electrons. The van der Waals surface area contributed by atoms with Crippen LogP contribution in [0.5, 0.6) is 0 Å². The molecular weight excluding hydrogens is 176 g/mol. The van der Waals surface area contributed by atoms with Crippen LogP contribution in [0.3, 0.4) is 0 Å². The summed E-state index contributed by atoms with van der Waals surface area (Å²) in [5, 5.41) is 2.97. The van der Waals surface area contributed by atoms with Crippen molar-refractivity contribution in [2.45, 2.75) is 0 Å². The van der Waals surface area contributed by atoms with Crippen molar-refractivity contribution in [1.82, 2.24) is 5.32 Å². The Bertz CT molecular complexity index is 312. The van der Waals surface area contributed by atoms with Crippen molar-refractivity contribution >= 4 is 23.2 Å². The van der Waals surface area contributed by atoms with Crippen LogP contribution in [0, 0.1) is 0 Å². The summed E-state index contributed by atoms with van der Waals surface area (Å²) in [5.41, 5.74) is 6.38. The second-order valence-corrected chi connectivity index (χ2v) is 2.75. The zero-order valence-corrected chi connectivity index (χ0v) is 7.35. The predicted molar refractivity (Wildman–Crippen MR) is 49.3 cm³/mol. The van der Waals surface area contributed by atoms with Crippen LogP contribution in [-0.2, 0) is 0 Å². The van der Waals surface area contributed by atoms with Crippen LogP contribution in [0.15, 0.2) is 18.2 Å². The molecule has 64 valence electrons. The molecule has 0 saturated carbocycles. The minimum Gasteiger partial charge on any atom is -0.398 e. The van der Waals surface area contributed by atoms with Gasteiger partial charge in [-0.05, 0) is 18.2 Å². The van der Waals surface area contributed by atoms with Gasteiger partial charge in [0, 0.05) is 17.8 Å². The van der Waals surface area contributed by atoms with Gasteiger partial charge in [-0.15, -0.1) is 0 Å². The largest absolute Gasteiger partial charge is 0.398 e. The first-order valence-corrected chi connectivity index (χ1v) is 3.80. The van der Waals surface area contributed by atoms with Gasteiger partial charge < -0.3 is 11.1 Å². The molecule has 1 rings (SSSR count). The molecule has 0 fully saturated rings. The van der Waals surface area contributed by atoms with Crippen LogP contribution in [-0.4, -0.2) is 13.0 Å². The molecule has 0 spiro atoms. The first kappa shape index (κ1) is 8.87. The topological polar surface area (TPSA) is 55.1 Å². The van der Waals surface area contributed by atoms with Gasteiger partial charge in [-0.1, -0.05) is 11.6 Å². The summed E-state index contributed by atoms with van der Waals surface area (Å²) in [4.78, 5) is 11.1. The van der Waals surface area contributed by atoms with Crippen molar-refractivity contribution in [2.75, 3.05) is 12.8 Å². The number of amides is 1. The average Bonchev–Trinajstić information content (AvgIpc) is 2.08. The number of nitrogen functional groups attached to an aromatic ring is 1. The van der Waals surface area contributed by atoms with E-state index in [9.17, 15) is 4.79 Å². The lowest BCUT2D eigenvalue weighted by molar-refractivity contribution is 0.0964. The number of nitrogens with one attached hydrogen (secondary N) is 1. The van der Waals surface area contributed by atoms with Crippen LogP contribution in [0.1, 0.15) is 10.4 Å². The second-order valence-electron chi connectivity index (χ2n) is 2.31. The number of nitrogens with two attached hydrogens (primary N) is 1. The van der Waals surface area contributed by atoms with Crippen molar-refractivity contribution in [1.29, 1.82) is 0 Å². The molecule has 0 heterocycles. The van der Waals surface area contributed by atoms with Crippen LogP contribution >= 0.6 is 11.6 Å². The monoisotopic (exact) mass is 184 g/mol. The lowest BCUT2D eigenvalue weighted by Gasteiger charge is -2.03. The molecule has 0 atom stereocenters. The molecule has 0 unspecified atom stereocenters. The highest BCUT2D eigenvalue weighted by molar-refractivity contribution is 6.31. The maximum atomic E-state index is 11.1. The first-order valence-electron chi connectivity index (χ1n) is 3.42. The minimum absolute atomic E-state index is 0.227. The van der Waals surface area contributed by atoms with Gasteiger partial charge in [-0.25, -0.2) is 0 Å². The smallest absolute Gasteiger partial charge is 0.253 e. The first-order chi connectivity index (χ1) is 5.65. The van der Waals surface area contributed by atoms with E-state index in [1.54, 1.807) is 19.2 Å². The fourth-order valence-electron chi connectivity index (χ4n) is 0.860. The number of hydrogen-bond donors (Lipinski definition) is 2. The Hall–Kier alpha value is -1.22. The highest BCUT2D eigenvalue weighted by Crippen LogP contribution is 2.17. The number of benzene rings is 1. The average molecular weight is 185 g/mol. The number of anilines is 1. The van der Waals surface area contributed by atoms with E-state index in [1.807, 2.05) is 0 Å². The van der Waals surface area contributed by atoms with E-state index in [0.717, 1.165) is 0 Å². The maximum absolute atomic E-state index is 11.1. The molecule has 1 amide bonds. The van der Waals surface area contributed by atoms with Crippen molar-refractivity contribution in [3.8, 4) is 0 Å². The zero-order chi connectivity index (χ0) is 9.14. The lowest BCUT2D eigenvalue weighted by atomic mass is 10.2. The van der Waals surface area contributed by atoms with Crippen LogP contribution < -0.4 is 11.1 Å². The van der Waals surface area contributed by atoms with Gasteiger partial charge >= 0.3 is 0 Å². The SMILES string of the molecule is CNC(=O)c1cc(Cl)ccc1N. The molecule has 3 N–H and O–H groups in total. The Labute approximate surface area is 75.5 Å². The van der Waals surface area contributed by atoms with E-state index in [2.05, 4.69) is 5.32 Å². The number of rotatable bonds is 1. The molecular formula is C8H9ClN2O. The molecule has 4 heteroatoms. The van der Waals surface area contributed by atoms with Gasteiger partial charge in [0.15, 0.2) is 0 Å². The molecule has 3 nitrogen and oxygen atoms in total. The number of halogens is 1. The fraction of sp³-hybridized carbons (Fsp3) is 0.125. The summed E-state index contributed by atoms with van der Waals surface area (Å²) in [6, 6.07) is 4.78. The van der Waals surface area contributed by atoms with Gasteiger partial charge in [0.2, 0.25) is 0 Å². The van der Waals surface area contributed by atoms with E-state index in [4.69, 9.17) is 17.3 Å². The van der Waals surface area contributed by atoms with Crippen LogP contribution in [0.4, 0.5) is 5.69 Å².